The molecule has 1 fully saturated rings. The first-order valence-electron chi connectivity index (χ1n) is 10.1. The molecule has 150 valence electrons. The SMILES string of the molecule is COc1cccc2c1C1CN(CCc3c(C)nc4ccccn4c3=O)CC1CO2. The number of aromatic nitrogens is 2. The van der Waals surface area contributed by atoms with E-state index in [0.29, 0.717) is 23.9 Å². The molecule has 2 aromatic heterocycles. The Kier molecular flexibility index (Phi) is 4.51. The Labute approximate surface area is 169 Å². The number of pyridine rings is 1. The third-order valence-corrected chi connectivity index (χ3v) is 6.30. The Hall–Kier alpha value is -2.86. The van der Waals surface area contributed by atoms with Crippen molar-refractivity contribution in [2.45, 2.75) is 19.3 Å². The molecule has 0 saturated carbocycles. The number of hydrogen-bond donors (Lipinski definition) is 0. The highest BCUT2D eigenvalue weighted by Crippen LogP contribution is 2.45. The number of likely N-dealkylation sites (tertiary alicyclic amines) is 1. The number of benzene rings is 1. The molecule has 2 aliphatic heterocycles. The van der Waals surface area contributed by atoms with Crippen LogP contribution in [0.4, 0.5) is 0 Å². The minimum atomic E-state index is 0.0417. The van der Waals surface area contributed by atoms with Gasteiger partial charge in [-0.2, -0.15) is 0 Å². The van der Waals surface area contributed by atoms with Gasteiger partial charge in [-0.15, -0.1) is 0 Å². The zero-order valence-electron chi connectivity index (χ0n) is 16.8. The number of nitrogens with zero attached hydrogens (tertiary/aromatic N) is 3. The van der Waals surface area contributed by atoms with Crippen LogP contribution in [-0.4, -0.2) is 47.6 Å². The Morgan fingerprint density at radius 1 is 1.21 bits per heavy atom. The molecular weight excluding hydrogens is 366 g/mol. The van der Waals surface area contributed by atoms with Crippen LogP contribution in [0.15, 0.2) is 47.4 Å². The van der Waals surface area contributed by atoms with E-state index in [0.717, 1.165) is 49.0 Å². The average molecular weight is 391 g/mol. The molecule has 0 aliphatic carbocycles. The molecule has 2 atom stereocenters. The summed E-state index contributed by atoms with van der Waals surface area (Å²) in [4.78, 5) is 20.0. The quantitative estimate of drug-likeness (QED) is 0.684. The number of hydrogen-bond acceptors (Lipinski definition) is 5. The van der Waals surface area contributed by atoms with Crippen molar-refractivity contribution in [1.29, 1.82) is 0 Å². The lowest BCUT2D eigenvalue weighted by Crippen LogP contribution is -2.28. The highest BCUT2D eigenvalue weighted by molar-refractivity contribution is 5.49. The summed E-state index contributed by atoms with van der Waals surface area (Å²) in [6, 6.07) is 11.7. The minimum absolute atomic E-state index is 0.0417. The van der Waals surface area contributed by atoms with Gasteiger partial charge in [0, 0.05) is 54.5 Å². The van der Waals surface area contributed by atoms with Gasteiger partial charge in [-0.25, -0.2) is 4.98 Å². The molecule has 0 amide bonds. The van der Waals surface area contributed by atoms with E-state index >= 15 is 0 Å². The minimum Gasteiger partial charge on any atom is -0.496 e. The fourth-order valence-corrected chi connectivity index (χ4v) is 4.82. The third kappa shape index (κ3) is 3.08. The molecule has 2 aliphatic rings. The predicted octanol–water partition coefficient (Wildman–Crippen LogP) is 2.66. The van der Waals surface area contributed by atoms with Crippen LogP contribution < -0.4 is 15.0 Å². The first kappa shape index (κ1) is 18.2. The van der Waals surface area contributed by atoms with Crippen LogP contribution in [0.5, 0.6) is 11.5 Å². The van der Waals surface area contributed by atoms with Crippen molar-refractivity contribution in [3.05, 3.63) is 69.8 Å². The molecule has 3 aromatic rings. The molecule has 0 N–H and O–H groups in total. The second kappa shape index (κ2) is 7.19. The van der Waals surface area contributed by atoms with E-state index in [-0.39, 0.29) is 5.56 Å². The van der Waals surface area contributed by atoms with Gasteiger partial charge >= 0.3 is 0 Å². The summed E-state index contributed by atoms with van der Waals surface area (Å²) in [6.07, 6.45) is 2.49. The molecule has 29 heavy (non-hydrogen) atoms. The normalized spacial score (nSPS) is 20.9. The van der Waals surface area contributed by atoms with Crippen LogP contribution >= 0.6 is 0 Å². The lowest BCUT2D eigenvalue weighted by molar-refractivity contribution is 0.209. The molecule has 0 radical (unpaired) electrons. The van der Waals surface area contributed by atoms with Crippen molar-refractivity contribution in [3.8, 4) is 11.5 Å². The topological polar surface area (TPSA) is 56.1 Å². The maximum absolute atomic E-state index is 12.9. The van der Waals surface area contributed by atoms with Gasteiger partial charge in [-0.3, -0.25) is 9.20 Å². The summed E-state index contributed by atoms with van der Waals surface area (Å²) in [6.45, 7) is 5.45. The number of aryl methyl sites for hydroxylation is 1. The van der Waals surface area contributed by atoms with Crippen molar-refractivity contribution in [3.63, 3.8) is 0 Å². The molecule has 0 bridgehead atoms. The van der Waals surface area contributed by atoms with E-state index in [1.165, 1.54) is 5.56 Å². The van der Waals surface area contributed by atoms with Gasteiger partial charge < -0.3 is 14.4 Å². The molecule has 6 nitrogen and oxygen atoms in total. The van der Waals surface area contributed by atoms with E-state index in [9.17, 15) is 4.79 Å². The van der Waals surface area contributed by atoms with E-state index in [1.807, 2.05) is 43.3 Å². The summed E-state index contributed by atoms with van der Waals surface area (Å²) in [5.41, 5.74) is 3.56. The van der Waals surface area contributed by atoms with Crippen molar-refractivity contribution < 1.29 is 9.47 Å². The molecule has 2 unspecified atom stereocenters. The summed E-state index contributed by atoms with van der Waals surface area (Å²) in [5, 5.41) is 0. The summed E-state index contributed by atoms with van der Waals surface area (Å²) in [7, 11) is 1.72. The van der Waals surface area contributed by atoms with Gasteiger partial charge in [0.2, 0.25) is 0 Å². The first-order valence-corrected chi connectivity index (χ1v) is 10.1. The maximum Gasteiger partial charge on any atom is 0.261 e. The molecule has 6 heteroatoms. The largest absolute Gasteiger partial charge is 0.496 e. The van der Waals surface area contributed by atoms with Gasteiger partial charge in [0.05, 0.1) is 13.7 Å². The smallest absolute Gasteiger partial charge is 0.261 e. The molecule has 0 spiro atoms. The average Bonchev–Trinajstić information content (AvgIpc) is 3.16. The van der Waals surface area contributed by atoms with Crippen LogP contribution in [0.3, 0.4) is 0 Å². The lowest BCUT2D eigenvalue weighted by atomic mass is 9.86. The first-order chi connectivity index (χ1) is 14.2. The highest BCUT2D eigenvalue weighted by atomic mass is 16.5. The van der Waals surface area contributed by atoms with Crippen molar-refractivity contribution >= 4 is 5.65 Å². The van der Waals surface area contributed by atoms with Gasteiger partial charge in [0.15, 0.2) is 0 Å². The standard InChI is InChI=1S/C23H25N3O3/c1-15-17(23(27)26-10-4-3-8-21(26)24-15)9-11-25-12-16-14-29-20-7-5-6-19(28-2)22(20)18(16)13-25/h3-8,10,16,18H,9,11-14H2,1-2H3. The number of methoxy groups -OCH3 is 1. The van der Waals surface area contributed by atoms with Crippen LogP contribution in [0.2, 0.25) is 0 Å². The van der Waals surface area contributed by atoms with Crippen molar-refractivity contribution in [2.75, 3.05) is 33.4 Å². The number of fused-ring (bicyclic) bond motifs is 4. The monoisotopic (exact) mass is 391 g/mol. The number of rotatable bonds is 4. The summed E-state index contributed by atoms with van der Waals surface area (Å²) in [5.74, 6) is 2.72. The predicted molar refractivity (Wildman–Crippen MR) is 111 cm³/mol. The third-order valence-electron chi connectivity index (χ3n) is 6.30. The summed E-state index contributed by atoms with van der Waals surface area (Å²) < 4.78 is 13.3. The second-order valence-corrected chi connectivity index (χ2v) is 7.97. The second-order valence-electron chi connectivity index (χ2n) is 7.97. The number of ether oxygens (including phenoxy) is 2. The van der Waals surface area contributed by atoms with Gasteiger partial charge in [-0.1, -0.05) is 12.1 Å². The maximum atomic E-state index is 12.9. The van der Waals surface area contributed by atoms with E-state index in [2.05, 4.69) is 9.88 Å². The Morgan fingerprint density at radius 3 is 2.97 bits per heavy atom. The molecule has 1 aromatic carbocycles. The fraction of sp³-hybridized carbons (Fsp3) is 0.391. The Balaban J connectivity index is 1.36. The van der Waals surface area contributed by atoms with Gasteiger partial charge in [0.1, 0.15) is 17.1 Å². The van der Waals surface area contributed by atoms with E-state index in [1.54, 1.807) is 17.7 Å². The molecule has 4 heterocycles. The van der Waals surface area contributed by atoms with Crippen molar-refractivity contribution in [1.82, 2.24) is 14.3 Å². The zero-order valence-corrected chi connectivity index (χ0v) is 16.8. The fourth-order valence-electron chi connectivity index (χ4n) is 4.82. The van der Waals surface area contributed by atoms with E-state index < -0.39 is 0 Å². The van der Waals surface area contributed by atoms with Crippen LogP contribution in [-0.2, 0) is 6.42 Å². The van der Waals surface area contributed by atoms with Crippen molar-refractivity contribution in [2.24, 2.45) is 5.92 Å². The van der Waals surface area contributed by atoms with Crippen LogP contribution in [0.25, 0.3) is 5.65 Å². The molecule has 5 rings (SSSR count). The molecular formula is C23H25N3O3. The van der Waals surface area contributed by atoms with E-state index in [4.69, 9.17) is 9.47 Å². The molecule has 1 saturated heterocycles. The van der Waals surface area contributed by atoms with Crippen LogP contribution in [0.1, 0.15) is 22.7 Å². The zero-order chi connectivity index (χ0) is 20.0. The van der Waals surface area contributed by atoms with Crippen LogP contribution in [0, 0.1) is 12.8 Å². The Bertz CT molecular complexity index is 1110. The highest BCUT2D eigenvalue weighted by Gasteiger charge is 2.40. The lowest BCUT2D eigenvalue weighted by Gasteiger charge is -2.29. The van der Waals surface area contributed by atoms with Gasteiger partial charge in [0.25, 0.3) is 5.56 Å². The Morgan fingerprint density at radius 2 is 2.10 bits per heavy atom. The van der Waals surface area contributed by atoms with Gasteiger partial charge in [-0.05, 0) is 37.6 Å². The summed E-state index contributed by atoms with van der Waals surface area (Å²) >= 11 is 0.